The van der Waals surface area contributed by atoms with Crippen LogP contribution in [0.3, 0.4) is 0 Å². The second-order valence-corrected chi connectivity index (χ2v) is 13.5. The van der Waals surface area contributed by atoms with Crippen LogP contribution in [-0.2, 0) is 9.53 Å². The van der Waals surface area contributed by atoms with Gasteiger partial charge in [-0.25, -0.2) is 31.7 Å². The first-order valence-electron chi connectivity index (χ1n) is 16.1. The molecule has 3 aliphatic carbocycles. The van der Waals surface area contributed by atoms with E-state index in [-0.39, 0.29) is 80.2 Å². The first-order valence-corrected chi connectivity index (χ1v) is 16.1. The molecule has 2 N–H and O–H groups in total. The Balaban J connectivity index is 1.15. The molecule has 2 atom stereocenters. The van der Waals surface area contributed by atoms with Gasteiger partial charge in [-0.05, 0) is 73.1 Å². The summed E-state index contributed by atoms with van der Waals surface area (Å²) in [5, 5.41) is 18.4. The van der Waals surface area contributed by atoms with Crippen LogP contribution in [0.2, 0.25) is 0 Å². The van der Waals surface area contributed by atoms with Crippen molar-refractivity contribution in [3.63, 3.8) is 0 Å². The molecule has 0 aromatic carbocycles. The summed E-state index contributed by atoms with van der Waals surface area (Å²) in [6, 6.07) is 0.699. The fraction of sp³-hybridized carbons (Fsp3) is 0.677. The number of hydrogen-bond acceptors (Lipinski definition) is 8. The number of carbonyl (C=O) groups is 2. The van der Waals surface area contributed by atoms with E-state index in [1.165, 1.54) is 0 Å². The van der Waals surface area contributed by atoms with Crippen molar-refractivity contribution in [2.75, 3.05) is 13.2 Å². The molecule has 11 nitrogen and oxygen atoms in total. The van der Waals surface area contributed by atoms with Gasteiger partial charge in [-0.2, -0.15) is 5.10 Å². The van der Waals surface area contributed by atoms with E-state index in [0.29, 0.717) is 48.7 Å². The van der Waals surface area contributed by atoms with Gasteiger partial charge in [-0.15, -0.1) is 0 Å². The molecule has 46 heavy (non-hydrogen) atoms. The molecule has 248 valence electrons. The summed E-state index contributed by atoms with van der Waals surface area (Å²) in [7, 11) is 0. The van der Waals surface area contributed by atoms with Crippen LogP contribution in [0, 0.1) is 17.8 Å². The minimum atomic E-state index is -2.75. The third-order valence-electron chi connectivity index (χ3n) is 9.95. The van der Waals surface area contributed by atoms with Crippen LogP contribution in [0.5, 0.6) is 0 Å². The molecule has 15 heteroatoms. The Bertz CT molecular complexity index is 1570. The van der Waals surface area contributed by atoms with Crippen LogP contribution in [0.25, 0.3) is 5.65 Å². The van der Waals surface area contributed by atoms with E-state index in [1.807, 2.05) is 6.07 Å². The first-order chi connectivity index (χ1) is 22.0. The lowest BCUT2D eigenvalue weighted by molar-refractivity contribution is -0.134. The summed E-state index contributed by atoms with van der Waals surface area (Å²) in [5.41, 5.74) is 2.23. The lowest BCUT2D eigenvalue weighted by atomic mass is 9.79. The van der Waals surface area contributed by atoms with E-state index in [0.717, 1.165) is 12.8 Å². The first kappa shape index (κ1) is 31.0. The van der Waals surface area contributed by atoms with Gasteiger partial charge in [0, 0.05) is 51.2 Å². The Morgan fingerprint density at radius 3 is 2.35 bits per heavy atom. The molecule has 4 fully saturated rings. The second kappa shape index (κ2) is 12.2. The molecule has 1 aliphatic heterocycles. The number of fused-ring (bicyclic) bond motifs is 1. The van der Waals surface area contributed by atoms with E-state index < -0.39 is 29.8 Å². The van der Waals surface area contributed by atoms with Crippen molar-refractivity contribution < 1.29 is 36.5 Å². The van der Waals surface area contributed by atoms with Gasteiger partial charge in [0.05, 0.1) is 30.2 Å². The highest BCUT2D eigenvalue weighted by molar-refractivity contribution is 5.93. The maximum Gasteiger partial charge on any atom is 0.276 e. The summed E-state index contributed by atoms with van der Waals surface area (Å²) in [6.45, 7) is 1.08. The predicted molar refractivity (Wildman–Crippen MR) is 153 cm³/mol. The van der Waals surface area contributed by atoms with Gasteiger partial charge < -0.3 is 15.4 Å². The second-order valence-electron chi connectivity index (χ2n) is 13.5. The number of carbonyl (C=O) groups excluding carboxylic acids is 2. The molecular weight excluding hydrogens is 610 g/mol. The highest BCUT2D eigenvalue weighted by Gasteiger charge is 2.46. The quantitative estimate of drug-likeness (QED) is 0.283. The molecule has 1 saturated heterocycles. The Morgan fingerprint density at radius 2 is 1.65 bits per heavy atom. The summed E-state index contributed by atoms with van der Waals surface area (Å²) < 4.78 is 67.0. The standard InChI is InChI=1S/C31H37F4N7O4/c32-30(33)7-3-19(4-8-30)26(39-29(44)28-27(18-1-2-18)40-46-41-28)22-16-42-23(37-22)12-21(15-36-42)25(20-5-9-45-10-6-20)38-24(43)11-17-13-31(34,35)14-17/h12,15-20,25-26H,1-11,13-14H2,(H,38,43)(H,39,44)/t25-,26+/m1/s1. The number of ether oxygens (including phenoxy) is 1. The summed E-state index contributed by atoms with van der Waals surface area (Å²) in [6.07, 6.45) is 5.81. The molecule has 0 radical (unpaired) electrons. The molecular formula is C31H37F4N7O4. The largest absolute Gasteiger partial charge is 0.381 e. The van der Waals surface area contributed by atoms with Crippen LogP contribution in [-0.4, -0.2) is 61.8 Å². The van der Waals surface area contributed by atoms with Gasteiger partial charge in [0.25, 0.3) is 5.91 Å². The monoisotopic (exact) mass is 647 g/mol. The van der Waals surface area contributed by atoms with Crippen LogP contribution in [0.15, 0.2) is 23.1 Å². The minimum absolute atomic E-state index is 0.0316. The van der Waals surface area contributed by atoms with Crippen molar-refractivity contribution in [3.05, 3.63) is 41.1 Å². The molecule has 7 rings (SSSR count). The van der Waals surface area contributed by atoms with Crippen molar-refractivity contribution >= 4 is 17.5 Å². The van der Waals surface area contributed by atoms with Gasteiger partial charge >= 0.3 is 0 Å². The summed E-state index contributed by atoms with van der Waals surface area (Å²) in [5.74, 6) is -6.71. The van der Waals surface area contributed by atoms with Crippen molar-refractivity contribution in [2.24, 2.45) is 17.8 Å². The number of nitrogens with zero attached hydrogens (tertiary/aromatic N) is 5. The van der Waals surface area contributed by atoms with Crippen molar-refractivity contribution in [2.45, 2.75) is 100 Å². The topological polar surface area (TPSA) is 137 Å². The summed E-state index contributed by atoms with van der Waals surface area (Å²) in [4.78, 5) is 31.2. The Kier molecular flexibility index (Phi) is 8.22. The molecule has 3 aromatic rings. The van der Waals surface area contributed by atoms with Gasteiger partial charge in [-0.3, -0.25) is 9.59 Å². The lowest BCUT2D eigenvalue weighted by Crippen LogP contribution is -2.41. The van der Waals surface area contributed by atoms with Crippen LogP contribution >= 0.6 is 0 Å². The molecule has 3 saturated carbocycles. The smallest absolute Gasteiger partial charge is 0.276 e. The third kappa shape index (κ3) is 6.74. The molecule has 0 bridgehead atoms. The maximum absolute atomic E-state index is 14.1. The number of amides is 2. The van der Waals surface area contributed by atoms with Gasteiger partial charge in [0.1, 0.15) is 5.69 Å². The van der Waals surface area contributed by atoms with Gasteiger partial charge in [0.2, 0.25) is 17.8 Å². The average Bonchev–Trinajstić information content (AvgIpc) is 3.57. The fourth-order valence-corrected chi connectivity index (χ4v) is 7.19. The van der Waals surface area contributed by atoms with E-state index >= 15 is 0 Å². The van der Waals surface area contributed by atoms with Crippen molar-refractivity contribution in [1.82, 2.24) is 35.5 Å². The van der Waals surface area contributed by atoms with Gasteiger partial charge in [-0.1, -0.05) is 5.16 Å². The van der Waals surface area contributed by atoms with E-state index in [1.54, 1.807) is 16.9 Å². The van der Waals surface area contributed by atoms with E-state index in [9.17, 15) is 27.2 Å². The molecule has 0 spiro atoms. The maximum atomic E-state index is 14.1. The van der Waals surface area contributed by atoms with Crippen LogP contribution < -0.4 is 10.6 Å². The Morgan fingerprint density at radius 1 is 0.935 bits per heavy atom. The fourth-order valence-electron chi connectivity index (χ4n) is 7.19. The number of halogens is 4. The normalized spacial score (nSPS) is 23.5. The van der Waals surface area contributed by atoms with Crippen molar-refractivity contribution in [1.29, 1.82) is 0 Å². The Hall–Kier alpha value is -3.62. The summed E-state index contributed by atoms with van der Waals surface area (Å²) >= 11 is 0. The SMILES string of the molecule is O=C(CC1CC(F)(F)C1)N[C@@H](c1cnn2cc([C@@H](NC(=O)c3nonc3C3CC3)C3CCC(F)(F)CC3)nc2c1)C1CCOCC1. The lowest BCUT2D eigenvalue weighted by Gasteiger charge is -2.35. The third-order valence-corrected chi connectivity index (χ3v) is 9.95. The van der Waals surface area contributed by atoms with Crippen LogP contribution in [0.1, 0.15) is 116 Å². The molecule has 3 aromatic heterocycles. The Labute approximate surface area is 262 Å². The van der Waals surface area contributed by atoms with Crippen molar-refractivity contribution in [3.8, 4) is 0 Å². The molecule has 0 unspecified atom stereocenters. The van der Waals surface area contributed by atoms with E-state index in [4.69, 9.17) is 14.3 Å². The average molecular weight is 648 g/mol. The zero-order valence-corrected chi connectivity index (χ0v) is 25.3. The van der Waals surface area contributed by atoms with Gasteiger partial charge in [0.15, 0.2) is 11.3 Å². The number of alkyl halides is 4. The number of rotatable bonds is 10. The zero-order valence-electron chi connectivity index (χ0n) is 25.3. The number of imidazole rings is 1. The zero-order chi connectivity index (χ0) is 32.1. The number of nitrogens with one attached hydrogen (secondary N) is 2. The molecule has 4 aliphatic rings. The highest BCUT2D eigenvalue weighted by atomic mass is 19.3. The number of aromatic nitrogens is 5. The van der Waals surface area contributed by atoms with Crippen LogP contribution in [0.4, 0.5) is 17.6 Å². The van der Waals surface area contributed by atoms with E-state index in [2.05, 4.69) is 26.0 Å². The highest BCUT2D eigenvalue weighted by Crippen LogP contribution is 2.45. The minimum Gasteiger partial charge on any atom is -0.381 e. The molecule has 4 heterocycles. The number of hydrogen-bond donors (Lipinski definition) is 2. The predicted octanol–water partition coefficient (Wildman–Crippen LogP) is 5.31. The molecule has 2 amide bonds.